The molecule has 8 aromatic rings. The number of pyridine rings is 4. The van der Waals surface area contributed by atoms with Gasteiger partial charge in [0, 0.05) is 24.8 Å². The van der Waals surface area contributed by atoms with Crippen LogP contribution in [-0.2, 0) is 0 Å². The molecule has 8 aromatic heterocycles. The summed E-state index contributed by atoms with van der Waals surface area (Å²) in [7, 11) is 0. The normalized spacial score (nSPS) is 8.14. The van der Waals surface area contributed by atoms with Crippen molar-refractivity contribution in [2.45, 2.75) is 118 Å². The second-order valence-corrected chi connectivity index (χ2v) is 7.70. The topological polar surface area (TPSA) is 260 Å². The van der Waals surface area contributed by atoms with E-state index in [0.29, 0.717) is 46.1 Å². The number of nitrogens with two attached hydrogens (primary N) is 4. The molecule has 0 unspecified atom stereocenters. The van der Waals surface area contributed by atoms with Gasteiger partial charge in [0.25, 0.3) is 22.9 Å². The summed E-state index contributed by atoms with van der Waals surface area (Å²) >= 11 is 0. The summed E-state index contributed by atoms with van der Waals surface area (Å²) in [6.45, 7) is 32.0. The lowest BCUT2D eigenvalue weighted by molar-refractivity contribution is 0.452. The summed E-state index contributed by atoms with van der Waals surface area (Å²) in [6, 6.07) is 14.4. The molecule has 0 aliphatic heterocycles. The average molecular weight is 797 g/mol. The second-order valence-electron chi connectivity index (χ2n) is 7.70. The van der Waals surface area contributed by atoms with E-state index in [1.165, 1.54) is 0 Å². The Balaban J connectivity index is -0.000000187. The van der Waals surface area contributed by atoms with E-state index in [9.17, 15) is 0 Å². The van der Waals surface area contributed by atoms with E-state index >= 15 is 0 Å². The van der Waals surface area contributed by atoms with E-state index in [1.54, 1.807) is 49.1 Å². The van der Waals surface area contributed by atoms with Crippen LogP contribution in [0.5, 0.6) is 0 Å². The summed E-state index contributed by atoms with van der Waals surface area (Å²) in [6.07, 6.45) is 6.53. The number of aromatic nitrogens is 8. The van der Waals surface area contributed by atoms with Gasteiger partial charge >= 0.3 is 0 Å². The fraction of sp³-hybridized carbons (Fsp3) is 0.415. The molecule has 0 amide bonds. The highest BCUT2D eigenvalue weighted by Gasteiger charge is 2.04. The van der Waals surface area contributed by atoms with Crippen molar-refractivity contribution in [3.8, 4) is 0 Å². The quantitative estimate of drug-likeness (QED) is 0.111. The van der Waals surface area contributed by atoms with Crippen LogP contribution >= 0.6 is 0 Å². The van der Waals surface area contributed by atoms with Crippen LogP contribution in [0.2, 0.25) is 0 Å². The molecule has 0 aromatic carbocycles. The molecule has 0 atom stereocenters. The molecule has 320 valence electrons. The SMILES string of the molecule is C.CC.CC.CC.CC.CC.CC.CC.CC.Nc1noc2ncccc12.Nc1noc2ncccc12.Nc1noc2ncccc12.Nc1noc2ncccc12. The molecular weight excluding hydrogens is 725 g/mol. The zero-order valence-electron chi connectivity index (χ0n) is 36.4. The monoisotopic (exact) mass is 797 g/mol. The van der Waals surface area contributed by atoms with Gasteiger partial charge in [-0.25, -0.2) is 19.9 Å². The molecule has 8 rings (SSSR count). The van der Waals surface area contributed by atoms with Crippen LogP contribution in [0.4, 0.5) is 23.3 Å². The zero-order valence-corrected chi connectivity index (χ0v) is 36.4. The molecule has 8 heterocycles. The molecule has 8 N–H and O–H groups in total. The van der Waals surface area contributed by atoms with Crippen molar-refractivity contribution in [1.82, 2.24) is 40.6 Å². The number of nitrogens with zero attached hydrogens (tertiary/aromatic N) is 8. The van der Waals surface area contributed by atoms with Gasteiger partial charge in [-0.05, 0) is 48.5 Å². The van der Waals surface area contributed by atoms with Crippen LogP contribution in [0.25, 0.3) is 44.4 Å². The zero-order chi connectivity index (χ0) is 43.9. The van der Waals surface area contributed by atoms with Crippen molar-refractivity contribution in [2.24, 2.45) is 0 Å². The molecule has 0 radical (unpaired) electrons. The van der Waals surface area contributed by atoms with E-state index in [0.717, 1.165) is 21.5 Å². The smallest absolute Gasteiger partial charge is 0.259 e. The maximum Gasteiger partial charge on any atom is 0.259 e. The van der Waals surface area contributed by atoms with E-state index in [2.05, 4.69) is 40.6 Å². The highest BCUT2D eigenvalue weighted by Crippen LogP contribution is 2.18. The second kappa shape index (κ2) is 40.9. The molecule has 57 heavy (non-hydrogen) atoms. The summed E-state index contributed by atoms with van der Waals surface area (Å²) in [5, 5.41) is 17.2. The number of hydrogen-bond acceptors (Lipinski definition) is 16. The molecule has 0 spiro atoms. The minimum atomic E-state index is 0. The fourth-order valence-corrected chi connectivity index (χ4v) is 3.20. The predicted octanol–water partition coefficient (Wildman–Crippen LogP) is 12.1. The summed E-state index contributed by atoms with van der Waals surface area (Å²) in [4.78, 5) is 15.6. The first-order valence-corrected chi connectivity index (χ1v) is 19.3. The van der Waals surface area contributed by atoms with E-state index in [4.69, 9.17) is 41.0 Å². The highest BCUT2D eigenvalue weighted by atomic mass is 16.5. The average Bonchev–Trinajstić information content (AvgIpc) is 4.10. The van der Waals surface area contributed by atoms with Crippen molar-refractivity contribution in [1.29, 1.82) is 0 Å². The van der Waals surface area contributed by atoms with Crippen molar-refractivity contribution in [3.63, 3.8) is 0 Å². The maximum absolute atomic E-state index is 5.43. The highest BCUT2D eigenvalue weighted by molar-refractivity contribution is 5.85. The molecule has 0 saturated heterocycles. The van der Waals surface area contributed by atoms with Crippen LogP contribution in [0, 0.1) is 0 Å². The number of hydrogen-bond donors (Lipinski definition) is 4. The van der Waals surface area contributed by atoms with Gasteiger partial charge in [-0.1, -0.05) is 139 Å². The van der Waals surface area contributed by atoms with Gasteiger partial charge in [-0.15, -0.1) is 0 Å². The Kier molecular flexibility index (Phi) is 43.0. The first kappa shape index (κ1) is 59.9. The molecule has 0 saturated carbocycles. The Hall–Kier alpha value is -6.32. The lowest BCUT2D eigenvalue weighted by Gasteiger charge is -1.81. The van der Waals surface area contributed by atoms with Crippen LogP contribution in [0.3, 0.4) is 0 Å². The van der Waals surface area contributed by atoms with E-state index in [1.807, 2.05) is 135 Å². The molecule has 0 fully saturated rings. The summed E-state index contributed by atoms with van der Waals surface area (Å²) in [5.41, 5.74) is 23.7. The molecule has 16 heteroatoms. The van der Waals surface area contributed by atoms with E-state index in [-0.39, 0.29) is 7.43 Å². The molecular formula is C41H72N12O4. The van der Waals surface area contributed by atoms with E-state index < -0.39 is 0 Å². The minimum Gasteiger partial charge on any atom is -0.380 e. The van der Waals surface area contributed by atoms with Crippen LogP contribution in [0.1, 0.15) is 118 Å². The van der Waals surface area contributed by atoms with Crippen molar-refractivity contribution < 1.29 is 18.1 Å². The number of rotatable bonds is 0. The maximum atomic E-state index is 5.43. The number of anilines is 4. The standard InChI is InChI=1S/4C6H5N3O.8C2H6.CH4/c4*7-5-4-2-1-3-8-6(4)10-9-5;8*1-2;/h4*1-3H,(H2,7,9);8*1-2H3;1H4. The van der Waals surface area contributed by atoms with Gasteiger partial charge in [-0.2, -0.15) is 0 Å². The van der Waals surface area contributed by atoms with Crippen molar-refractivity contribution in [2.75, 3.05) is 22.9 Å². The van der Waals surface area contributed by atoms with Gasteiger partial charge in [0.2, 0.25) is 0 Å². The summed E-state index contributed by atoms with van der Waals surface area (Å²) < 4.78 is 19.1. The van der Waals surface area contributed by atoms with Gasteiger partial charge in [-0.3, -0.25) is 0 Å². The number of fused-ring (bicyclic) bond motifs is 4. The predicted molar refractivity (Wildman–Crippen MR) is 242 cm³/mol. The Morgan fingerprint density at radius 2 is 0.474 bits per heavy atom. The Bertz CT molecular complexity index is 1720. The third kappa shape index (κ3) is 20.8. The third-order valence-corrected chi connectivity index (χ3v) is 5.11. The molecule has 16 nitrogen and oxygen atoms in total. The van der Waals surface area contributed by atoms with Crippen LogP contribution in [-0.4, -0.2) is 40.6 Å². The van der Waals surface area contributed by atoms with Gasteiger partial charge < -0.3 is 41.0 Å². The lowest BCUT2D eigenvalue weighted by atomic mass is 10.3. The molecule has 0 aliphatic rings. The first-order chi connectivity index (χ1) is 27.5. The van der Waals surface area contributed by atoms with Gasteiger partial charge in [0.15, 0.2) is 23.3 Å². The molecule has 0 bridgehead atoms. The Morgan fingerprint density at radius 1 is 0.316 bits per heavy atom. The van der Waals surface area contributed by atoms with Gasteiger partial charge in [0.1, 0.15) is 0 Å². The largest absolute Gasteiger partial charge is 0.380 e. The van der Waals surface area contributed by atoms with Gasteiger partial charge in [0.05, 0.1) is 21.5 Å². The van der Waals surface area contributed by atoms with Crippen LogP contribution in [0.15, 0.2) is 91.4 Å². The third-order valence-electron chi connectivity index (χ3n) is 5.11. The molecule has 0 aliphatic carbocycles. The first-order valence-electron chi connectivity index (χ1n) is 19.3. The Morgan fingerprint density at radius 3 is 0.614 bits per heavy atom. The van der Waals surface area contributed by atoms with Crippen molar-refractivity contribution >= 4 is 67.7 Å². The van der Waals surface area contributed by atoms with Crippen LogP contribution < -0.4 is 22.9 Å². The van der Waals surface area contributed by atoms with Crippen molar-refractivity contribution in [3.05, 3.63) is 73.3 Å². The number of nitrogen functional groups attached to an aromatic ring is 4. The lowest BCUT2D eigenvalue weighted by Crippen LogP contribution is -1.82. The summed E-state index contributed by atoms with van der Waals surface area (Å²) in [5.74, 6) is 1.57. The fourth-order valence-electron chi connectivity index (χ4n) is 3.20. The Labute approximate surface area is 340 Å². The minimum absolute atomic E-state index is 0.